The van der Waals surface area contributed by atoms with E-state index in [4.69, 9.17) is 19.5 Å². The number of allylic oxidation sites excluding steroid dienone is 1. The van der Waals surface area contributed by atoms with E-state index in [1.54, 1.807) is 0 Å². The number of aliphatic imine (C=N–C) groups is 1. The van der Waals surface area contributed by atoms with Crippen molar-refractivity contribution in [3.05, 3.63) is 11.3 Å². The van der Waals surface area contributed by atoms with Gasteiger partial charge in [-0.3, -0.25) is 19.4 Å². The quantitative estimate of drug-likeness (QED) is 0.462. The number of likely N-dealkylation sites (N-methyl/N-ethyl adjacent to an activating group) is 1. The topological polar surface area (TPSA) is 135 Å². The van der Waals surface area contributed by atoms with Crippen LogP contribution >= 0.6 is 0 Å². The van der Waals surface area contributed by atoms with Gasteiger partial charge in [-0.25, -0.2) is 4.79 Å². The van der Waals surface area contributed by atoms with Crippen molar-refractivity contribution in [2.24, 2.45) is 16.8 Å². The van der Waals surface area contributed by atoms with E-state index in [0.717, 1.165) is 19.1 Å². The molecule has 0 fully saturated rings. The SMILES string of the molecule is COC(=O)C1=C(C)N=C(C)C(C(=O)OC)[C@@H]1C(=O)OCC(=O)N(C)C(C)(C)C#N. The first-order chi connectivity index (χ1) is 13.4. The second-order valence-electron chi connectivity index (χ2n) is 6.95. The monoisotopic (exact) mass is 407 g/mol. The molecule has 1 aliphatic rings. The van der Waals surface area contributed by atoms with E-state index in [-0.39, 0.29) is 17.0 Å². The molecule has 0 aromatic heterocycles. The molecule has 29 heavy (non-hydrogen) atoms. The van der Waals surface area contributed by atoms with Gasteiger partial charge >= 0.3 is 17.9 Å². The zero-order valence-corrected chi connectivity index (χ0v) is 17.6. The summed E-state index contributed by atoms with van der Waals surface area (Å²) in [5.41, 5.74) is -0.792. The lowest BCUT2D eigenvalue weighted by Gasteiger charge is -2.30. The highest BCUT2D eigenvalue weighted by atomic mass is 16.5. The van der Waals surface area contributed by atoms with Crippen molar-refractivity contribution in [3.8, 4) is 6.07 Å². The number of esters is 3. The van der Waals surface area contributed by atoms with E-state index in [9.17, 15) is 19.2 Å². The molecule has 0 N–H and O–H groups in total. The molecule has 1 aliphatic heterocycles. The summed E-state index contributed by atoms with van der Waals surface area (Å²) < 4.78 is 14.6. The minimum atomic E-state index is -1.38. The van der Waals surface area contributed by atoms with E-state index in [1.807, 2.05) is 6.07 Å². The molecular weight excluding hydrogens is 382 g/mol. The highest BCUT2D eigenvalue weighted by molar-refractivity contribution is 6.10. The van der Waals surface area contributed by atoms with Crippen LogP contribution in [0, 0.1) is 23.2 Å². The minimum absolute atomic E-state index is 0.142. The Balaban J connectivity index is 3.20. The molecule has 1 unspecified atom stereocenters. The number of methoxy groups -OCH3 is 2. The number of rotatable bonds is 6. The molecule has 0 bridgehead atoms. The molecule has 158 valence electrons. The summed E-state index contributed by atoms with van der Waals surface area (Å²) in [5.74, 6) is -5.81. The molecule has 10 heteroatoms. The average molecular weight is 407 g/mol. The zero-order valence-electron chi connectivity index (χ0n) is 17.6. The van der Waals surface area contributed by atoms with E-state index in [0.29, 0.717) is 0 Å². The van der Waals surface area contributed by atoms with Gasteiger partial charge in [-0.2, -0.15) is 5.26 Å². The van der Waals surface area contributed by atoms with E-state index in [2.05, 4.69) is 4.99 Å². The van der Waals surface area contributed by atoms with Crippen molar-refractivity contribution in [2.45, 2.75) is 33.2 Å². The van der Waals surface area contributed by atoms with Gasteiger partial charge in [0.15, 0.2) is 6.61 Å². The Kier molecular flexibility index (Phi) is 7.65. The molecule has 0 aromatic rings. The van der Waals surface area contributed by atoms with Crippen molar-refractivity contribution in [1.29, 1.82) is 5.26 Å². The van der Waals surface area contributed by atoms with E-state index < -0.39 is 47.8 Å². The lowest BCUT2D eigenvalue weighted by atomic mass is 9.80. The fourth-order valence-electron chi connectivity index (χ4n) is 2.81. The van der Waals surface area contributed by atoms with E-state index >= 15 is 0 Å². The van der Waals surface area contributed by atoms with Crippen molar-refractivity contribution in [2.75, 3.05) is 27.9 Å². The van der Waals surface area contributed by atoms with Crippen LogP contribution in [0.2, 0.25) is 0 Å². The summed E-state index contributed by atoms with van der Waals surface area (Å²) in [6.45, 7) is 5.41. The number of hydrogen-bond donors (Lipinski definition) is 0. The number of amides is 1. The van der Waals surface area contributed by atoms with Gasteiger partial charge < -0.3 is 19.1 Å². The highest BCUT2D eigenvalue weighted by Gasteiger charge is 2.46. The fraction of sp³-hybridized carbons (Fsp3) is 0.579. The molecule has 0 saturated carbocycles. The van der Waals surface area contributed by atoms with Crippen LogP contribution in [0.15, 0.2) is 16.3 Å². The van der Waals surface area contributed by atoms with Gasteiger partial charge in [0.05, 0.1) is 25.9 Å². The van der Waals surface area contributed by atoms with Crippen molar-refractivity contribution in [1.82, 2.24) is 4.90 Å². The normalized spacial score (nSPS) is 18.9. The first-order valence-electron chi connectivity index (χ1n) is 8.69. The molecule has 2 atom stereocenters. The van der Waals surface area contributed by atoms with Gasteiger partial charge in [0.1, 0.15) is 17.4 Å². The Morgan fingerprint density at radius 3 is 2.17 bits per heavy atom. The Labute approximate surface area is 169 Å². The predicted molar refractivity (Wildman–Crippen MR) is 100 cm³/mol. The second-order valence-corrected chi connectivity index (χ2v) is 6.95. The molecule has 0 saturated heterocycles. The molecule has 1 heterocycles. The number of hydrogen-bond acceptors (Lipinski definition) is 9. The Bertz CT molecular complexity index is 820. The van der Waals surface area contributed by atoms with Gasteiger partial charge in [-0.15, -0.1) is 0 Å². The molecule has 0 radical (unpaired) electrons. The Morgan fingerprint density at radius 2 is 1.69 bits per heavy atom. The van der Waals surface area contributed by atoms with Crippen LogP contribution in [0.1, 0.15) is 27.7 Å². The first-order valence-corrected chi connectivity index (χ1v) is 8.69. The Hall–Kier alpha value is -3.22. The van der Waals surface area contributed by atoms with Crippen molar-refractivity contribution < 1.29 is 33.4 Å². The maximum Gasteiger partial charge on any atom is 0.336 e. The molecule has 0 spiro atoms. The first kappa shape index (κ1) is 23.8. The van der Waals surface area contributed by atoms with E-state index in [1.165, 1.54) is 34.7 Å². The van der Waals surface area contributed by atoms with Crippen LogP contribution in [-0.4, -0.2) is 67.8 Å². The maximum atomic E-state index is 12.8. The number of ether oxygens (including phenoxy) is 3. The van der Waals surface area contributed by atoms with Crippen molar-refractivity contribution in [3.63, 3.8) is 0 Å². The number of carbonyl (C=O) groups is 4. The standard InChI is InChI=1S/C19H25N3O7/c1-10-13(16(24)27-6)15(14(11(2)21-10)17(25)28-7)18(26)29-8-12(23)22(5)19(3,4)9-20/h13,15H,8H2,1-7H3/t13?,15-/m0/s1. The minimum Gasteiger partial charge on any atom is -0.468 e. The van der Waals surface area contributed by atoms with Crippen molar-refractivity contribution >= 4 is 29.5 Å². The third-order valence-electron chi connectivity index (χ3n) is 4.77. The van der Waals surface area contributed by atoms with Crippen LogP contribution in [0.5, 0.6) is 0 Å². The number of nitrogens with zero attached hydrogens (tertiary/aromatic N) is 3. The van der Waals surface area contributed by atoms with Crippen LogP contribution in [0.3, 0.4) is 0 Å². The summed E-state index contributed by atoms with van der Waals surface area (Å²) in [7, 11) is 3.67. The summed E-state index contributed by atoms with van der Waals surface area (Å²) in [5, 5.41) is 9.13. The average Bonchev–Trinajstić information content (AvgIpc) is 2.69. The molecule has 0 aromatic carbocycles. The molecule has 0 aliphatic carbocycles. The second kappa shape index (κ2) is 9.32. The van der Waals surface area contributed by atoms with Gasteiger partial charge in [0, 0.05) is 18.5 Å². The number of carbonyl (C=O) groups excluding carboxylic acids is 4. The molecular formula is C19H25N3O7. The van der Waals surface area contributed by atoms with Gasteiger partial charge in [0.2, 0.25) is 0 Å². The summed E-state index contributed by atoms with van der Waals surface area (Å²) >= 11 is 0. The van der Waals surface area contributed by atoms with Crippen LogP contribution in [0.25, 0.3) is 0 Å². The third-order valence-corrected chi connectivity index (χ3v) is 4.77. The van der Waals surface area contributed by atoms with Crippen LogP contribution < -0.4 is 0 Å². The van der Waals surface area contributed by atoms with Gasteiger partial charge in [-0.05, 0) is 27.7 Å². The maximum absolute atomic E-state index is 12.8. The lowest BCUT2D eigenvalue weighted by molar-refractivity contribution is -0.160. The number of nitriles is 1. The largest absolute Gasteiger partial charge is 0.468 e. The summed E-state index contributed by atoms with van der Waals surface area (Å²) in [6.07, 6.45) is 0. The molecule has 1 amide bonds. The predicted octanol–water partition coefficient (Wildman–Crippen LogP) is 0.617. The zero-order chi connectivity index (χ0) is 22.5. The Morgan fingerprint density at radius 1 is 1.10 bits per heavy atom. The summed E-state index contributed by atoms with van der Waals surface area (Å²) in [4.78, 5) is 54.9. The van der Waals surface area contributed by atoms with Crippen LogP contribution in [-0.2, 0) is 33.4 Å². The van der Waals surface area contributed by atoms with Gasteiger partial charge in [-0.1, -0.05) is 0 Å². The highest BCUT2D eigenvalue weighted by Crippen LogP contribution is 2.33. The third kappa shape index (κ3) is 4.99. The van der Waals surface area contributed by atoms with Crippen LogP contribution in [0.4, 0.5) is 0 Å². The van der Waals surface area contributed by atoms with Gasteiger partial charge in [0.25, 0.3) is 5.91 Å². The molecule has 1 rings (SSSR count). The molecule has 10 nitrogen and oxygen atoms in total. The summed E-state index contributed by atoms with van der Waals surface area (Å²) in [6, 6.07) is 1.96. The fourth-order valence-corrected chi connectivity index (χ4v) is 2.81. The lowest BCUT2D eigenvalue weighted by Crippen LogP contribution is -2.47. The smallest absolute Gasteiger partial charge is 0.336 e.